The van der Waals surface area contributed by atoms with E-state index in [0.29, 0.717) is 12.8 Å². The van der Waals surface area contributed by atoms with Crippen LogP contribution in [0.3, 0.4) is 0 Å². The first kappa shape index (κ1) is 18.3. The van der Waals surface area contributed by atoms with Gasteiger partial charge < -0.3 is 15.1 Å². The smallest absolute Gasteiger partial charge is 0.353 e. The first-order valence-electron chi connectivity index (χ1n) is 8.13. The molecular formula is C17H21N2O4S2+. The summed E-state index contributed by atoms with van der Waals surface area (Å²) in [6.45, 7) is 0.725. The number of amides is 1. The average molecular weight is 381 g/mol. The highest BCUT2D eigenvalue weighted by molar-refractivity contribution is 8.03. The van der Waals surface area contributed by atoms with Gasteiger partial charge in [-0.2, -0.15) is 0 Å². The summed E-state index contributed by atoms with van der Waals surface area (Å²) in [6.07, 6.45) is 7.05. The quantitative estimate of drug-likeness (QED) is 0.402. The minimum absolute atomic E-state index is 0.0473. The van der Waals surface area contributed by atoms with Gasteiger partial charge >= 0.3 is 5.97 Å². The fourth-order valence-corrected chi connectivity index (χ4v) is 4.90. The maximum absolute atomic E-state index is 12.2. The Bertz CT molecular complexity index is 705. The lowest BCUT2D eigenvalue weighted by Crippen LogP contribution is -2.58. The van der Waals surface area contributed by atoms with Crippen LogP contribution < -0.4 is 4.57 Å². The van der Waals surface area contributed by atoms with Crippen LogP contribution in [-0.4, -0.2) is 51.6 Å². The highest BCUT2D eigenvalue weighted by Crippen LogP contribution is 2.46. The molecule has 2 aliphatic heterocycles. The van der Waals surface area contributed by atoms with Crippen molar-refractivity contribution in [2.24, 2.45) is 5.92 Å². The Morgan fingerprint density at radius 2 is 2.12 bits per heavy atom. The second-order valence-electron chi connectivity index (χ2n) is 6.00. The van der Waals surface area contributed by atoms with Gasteiger partial charge in [0.25, 0.3) is 0 Å². The van der Waals surface area contributed by atoms with E-state index in [1.165, 1.54) is 21.6 Å². The van der Waals surface area contributed by atoms with Gasteiger partial charge in [-0.15, -0.1) is 23.5 Å². The molecule has 1 aromatic heterocycles. The Morgan fingerprint density at radius 3 is 2.72 bits per heavy atom. The number of aliphatic hydroxyl groups is 1. The van der Waals surface area contributed by atoms with E-state index < -0.39 is 5.97 Å². The van der Waals surface area contributed by atoms with Crippen molar-refractivity contribution in [3.05, 3.63) is 35.1 Å². The molecule has 134 valence electrons. The Balaban J connectivity index is 1.63. The number of thioether (sulfide) groups is 2. The normalized spacial score (nSPS) is 22.2. The molecule has 25 heavy (non-hydrogen) atoms. The van der Waals surface area contributed by atoms with Crippen LogP contribution in [0.25, 0.3) is 0 Å². The number of hydrogen-bond donors (Lipinski definition) is 2. The number of aliphatic hydroxyl groups excluding tert-OH is 1. The lowest BCUT2D eigenvalue weighted by atomic mass is 9.85. The molecule has 0 spiro atoms. The number of hydrogen-bond acceptors (Lipinski definition) is 5. The summed E-state index contributed by atoms with van der Waals surface area (Å²) in [6, 6.07) is 4.01. The van der Waals surface area contributed by atoms with E-state index in [2.05, 4.69) is 16.7 Å². The molecule has 3 heterocycles. The first-order chi connectivity index (χ1) is 12.1. The van der Waals surface area contributed by atoms with Gasteiger partial charge in [-0.3, -0.25) is 4.79 Å². The molecule has 6 nitrogen and oxygen atoms in total. The number of aliphatic carboxylic acids is 1. The summed E-state index contributed by atoms with van der Waals surface area (Å²) < 4.78 is 2.07. The summed E-state index contributed by atoms with van der Waals surface area (Å²) in [5.74, 6) is -0.716. The Morgan fingerprint density at radius 1 is 1.40 bits per heavy atom. The van der Waals surface area contributed by atoms with E-state index in [1.807, 2.05) is 18.6 Å². The highest BCUT2D eigenvalue weighted by Gasteiger charge is 2.54. The van der Waals surface area contributed by atoms with Gasteiger partial charge in [0.2, 0.25) is 5.91 Å². The fourth-order valence-electron chi connectivity index (χ4n) is 3.34. The summed E-state index contributed by atoms with van der Waals surface area (Å²) >= 11 is 3.20. The van der Waals surface area contributed by atoms with Crippen LogP contribution in [0.4, 0.5) is 0 Å². The van der Waals surface area contributed by atoms with Gasteiger partial charge in [-0.25, -0.2) is 9.36 Å². The van der Waals surface area contributed by atoms with Crippen molar-refractivity contribution in [1.82, 2.24) is 4.90 Å². The summed E-state index contributed by atoms with van der Waals surface area (Å²) in [4.78, 5) is 27.1. The number of β-lactam (4-membered cyclic amide) rings is 1. The predicted molar refractivity (Wildman–Crippen MR) is 96.0 cm³/mol. The molecule has 0 radical (unpaired) electrons. The molecule has 3 rings (SSSR count). The SMILES string of the molecule is CSc1cc[n+](CCSC2=C(C(=O)O)N3C(=O)[C@@H](CCO)[C@H]3C2)cc1. The van der Waals surface area contributed by atoms with Gasteiger partial charge in [-0.1, -0.05) is 0 Å². The predicted octanol–water partition coefficient (Wildman–Crippen LogP) is 1.34. The van der Waals surface area contributed by atoms with Crippen LogP contribution in [0.2, 0.25) is 0 Å². The summed E-state index contributed by atoms with van der Waals surface area (Å²) in [5, 5.41) is 18.6. The van der Waals surface area contributed by atoms with Gasteiger partial charge in [0.1, 0.15) is 5.70 Å². The number of aryl methyl sites for hydroxylation is 1. The van der Waals surface area contributed by atoms with Gasteiger partial charge in [0.05, 0.1) is 17.7 Å². The molecule has 0 aliphatic carbocycles. The average Bonchev–Trinajstić information content (AvgIpc) is 2.96. The van der Waals surface area contributed by atoms with Gasteiger partial charge in [0.15, 0.2) is 18.9 Å². The fraction of sp³-hybridized carbons (Fsp3) is 0.471. The number of nitrogens with zero attached hydrogens (tertiary/aromatic N) is 2. The highest BCUT2D eigenvalue weighted by atomic mass is 32.2. The number of carbonyl (C=O) groups is 2. The van der Waals surface area contributed by atoms with Crippen LogP contribution in [0.15, 0.2) is 40.0 Å². The van der Waals surface area contributed by atoms with Crippen molar-refractivity contribution in [1.29, 1.82) is 0 Å². The number of carboxylic acid groups (broad SMARTS) is 1. The van der Waals surface area contributed by atoms with Crippen LogP contribution in [0.1, 0.15) is 12.8 Å². The largest absolute Gasteiger partial charge is 0.477 e. The molecule has 1 aromatic rings. The number of aromatic nitrogens is 1. The summed E-state index contributed by atoms with van der Waals surface area (Å²) in [5.41, 5.74) is 0.136. The number of rotatable bonds is 8. The second-order valence-corrected chi connectivity index (χ2v) is 8.07. The third kappa shape index (κ3) is 3.56. The maximum Gasteiger partial charge on any atom is 0.353 e. The molecule has 0 unspecified atom stereocenters. The van der Waals surface area contributed by atoms with Crippen LogP contribution in [0, 0.1) is 5.92 Å². The van der Waals surface area contributed by atoms with Gasteiger partial charge in [-0.05, 0) is 12.7 Å². The monoisotopic (exact) mass is 381 g/mol. The molecule has 2 aliphatic rings. The van der Waals surface area contributed by atoms with Gasteiger partial charge in [0, 0.05) is 35.0 Å². The Kier molecular flexibility index (Phi) is 5.71. The van der Waals surface area contributed by atoms with E-state index in [4.69, 9.17) is 5.11 Å². The van der Waals surface area contributed by atoms with Crippen molar-refractivity contribution in [2.75, 3.05) is 18.6 Å². The third-order valence-electron chi connectivity index (χ3n) is 4.62. The van der Waals surface area contributed by atoms with Crippen LogP contribution in [0.5, 0.6) is 0 Å². The minimum Gasteiger partial charge on any atom is -0.477 e. The van der Waals surface area contributed by atoms with E-state index in [-0.39, 0.29) is 30.2 Å². The molecule has 2 atom stereocenters. The molecule has 0 aromatic carbocycles. The van der Waals surface area contributed by atoms with E-state index >= 15 is 0 Å². The van der Waals surface area contributed by atoms with E-state index in [0.717, 1.165) is 17.2 Å². The second kappa shape index (κ2) is 7.80. The van der Waals surface area contributed by atoms with Crippen molar-refractivity contribution in [2.45, 2.75) is 30.3 Å². The summed E-state index contributed by atoms with van der Waals surface area (Å²) in [7, 11) is 0. The van der Waals surface area contributed by atoms with Crippen molar-refractivity contribution in [3.63, 3.8) is 0 Å². The van der Waals surface area contributed by atoms with Crippen LogP contribution in [-0.2, 0) is 16.1 Å². The standard InChI is InChI=1S/C17H20N2O4S2/c1-24-11-2-5-18(6-3-11)7-9-25-14-10-13-12(4-8-20)16(21)19(13)15(14)17(22)23/h2-3,5-6,12-13,20H,4,7-10H2,1H3/p+1/t12-,13+/m0/s1. The third-order valence-corrected chi connectivity index (χ3v) is 6.45. The number of carbonyl (C=O) groups excluding carboxylic acids is 1. The molecule has 1 saturated heterocycles. The number of carboxylic acids is 1. The maximum atomic E-state index is 12.2. The Hall–Kier alpha value is -1.51. The lowest BCUT2D eigenvalue weighted by molar-refractivity contribution is -0.692. The molecule has 1 fully saturated rings. The van der Waals surface area contributed by atoms with Crippen molar-refractivity contribution >= 4 is 35.4 Å². The molecule has 2 N–H and O–H groups in total. The Labute approximate surface area is 154 Å². The zero-order valence-electron chi connectivity index (χ0n) is 13.9. The number of pyridine rings is 1. The lowest BCUT2D eigenvalue weighted by Gasteiger charge is -2.43. The minimum atomic E-state index is -1.04. The molecule has 1 amide bonds. The van der Waals surface area contributed by atoms with E-state index in [9.17, 15) is 14.7 Å². The molecule has 0 saturated carbocycles. The topological polar surface area (TPSA) is 81.7 Å². The molecule has 0 bridgehead atoms. The number of fused-ring (bicyclic) bond motifs is 1. The van der Waals surface area contributed by atoms with Crippen molar-refractivity contribution in [3.8, 4) is 0 Å². The molecule has 8 heteroatoms. The molecular weight excluding hydrogens is 360 g/mol. The van der Waals surface area contributed by atoms with Crippen molar-refractivity contribution < 1.29 is 24.4 Å². The first-order valence-corrected chi connectivity index (χ1v) is 10.3. The van der Waals surface area contributed by atoms with Crippen LogP contribution >= 0.6 is 23.5 Å². The zero-order chi connectivity index (χ0) is 18.0. The zero-order valence-corrected chi connectivity index (χ0v) is 15.6. The van der Waals surface area contributed by atoms with E-state index in [1.54, 1.807) is 11.8 Å².